The number of hydrogen-bond donors (Lipinski definition) is 0. The fourth-order valence-corrected chi connectivity index (χ4v) is 6.27. The number of amides is 4. The van der Waals surface area contributed by atoms with Crippen LogP contribution in [0.1, 0.15) is 40.1 Å². The van der Waals surface area contributed by atoms with E-state index in [9.17, 15) is 19.2 Å². The van der Waals surface area contributed by atoms with Crippen molar-refractivity contribution in [3.05, 3.63) is 71.3 Å². The fraction of sp³-hybridized carbons (Fsp3) is 0.304. The lowest BCUT2D eigenvalue weighted by molar-refractivity contribution is -0.160. The summed E-state index contributed by atoms with van der Waals surface area (Å²) in [6, 6.07) is 14.1. The van der Waals surface area contributed by atoms with Gasteiger partial charge in [-0.3, -0.25) is 28.4 Å². The van der Waals surface area contributed by atoms with Crippen molar-refractivity contribution >= 4 is 47.2 Å². The molecule has 2 aromatic rings. The summed E-state index contributed by atoms with van der Waals surface area (Å²) < 4.78 is 1.02. The Morgan fingerprint density at radius 3 is 2.00 bits per heavy atom. The summed E-state index contributed by atoms with van der Waals surface area (Å²) in [5, 5.41) is 0. The van der Waals surface area contributed by atoms with E-state index in [2.05, 4.69) is 0 Å². The van der Waals surface area contributed by atoms with Gasteiger partial charge in [0.2, 0.25) is 0 Å². The summed E-state index contributed by atoms with van der Waals surface area (Å²) in [6.07, 6.45) is 0. The molecule has 0 aromatic heterocycles. The van der Waals surface area contributed by atoms with Crippen molar-refractivity contribution in [3.8, 4) is 0 Å². The third kappa shape index (κ3) is 2.97. The van der Waals surface area contributed by atoms with Gasteiger partial charge in [-0.25, -0.2) is 0 Å². The summed E-state index contributed by atoms with van der Waals surface area (Å²) >= 11 is 7.96. The van der Waals surface area contributed by atoms with Crippen molar-refractivity contribution in [1.29, 1.82) is 0 Å². The van der Waals surface area contributed by atoms with Crippen LogP contribution in [0.15, 0.2) is 54.6 Å². The second-order valence-corrected chi connectivity index (χ2v) is 10.7. The molecule has 164 valence electrons. The Morgan fingerprint density at radius 1 is 0.875 bits per heavy atom. The van der Waals surface area contributed by atoms with E-state index < -0.39 is 40.1 Å². The van der Waals surface area contributed by atoms with E-state index >= 15 is 0 Å². The molecule has 3 aliphatic heterocycles. The van der Waals surface area contributed by atoms with Crippen LogP contribution in [0.3, 0.4) is 0 Å². The summed E-state index contributed by atoms with van der Waals surface area (Å²) in [4.78, 5) is 54.3. The van der Waals surface area contributed by atoms with Gasteiger partial charge in [0.05, 0.1) is 22.4 Å². The Balaban J connectivity index is 1.38. The first-order valence-electron chi connectivity index (χ1n) is 10.2. The number of alkyl halides is 1. The normalized spacial score (nSPS) is 26.6. The molecular weight excluding hydrogens is 450 g/mol. The Hall–Kier alpha value is -2.84. The first-order chi connectivity index (χ1) is 15.2. The number of likely N-dealkylation sites (tertiary alicyclic amines) is 1. The summed E-state index contributed by atoms with van der Waals surface area (Å²) in [7, 11) is 0. The quantitative estimate of drug-likeness (QED) is 0.226. The van der Waals surface area contributed by atoms with Crippen molar-refractivity contribution in [2.75, 3.05) is 0 Å². The molecule has 9 heteroatoms. The predicted molar refractivity (Wildman–Crippen MR) is 120 cm³/mol. The molecule has 7 nitrogen and oxygen atoms in total. The van der Waals surface area contributed by atoms with E-state index in [4.69, 9.17) is 11.6 Å². The molecule has 0 N–H and O–H groups in total. The van der Waals surface area contributed by atoms with Crippen LogP contribution in [0.4, 0.5) is 0 Å². The standard InChI is InChI=1S/C23H20ClN3O4S/c1-23(2)17(22(31)25(32-23)12-13-8-4-3-5-9-13)27-18(24)16(21(27)30)26-19(28)14-10-6-7-11-15(14)20(26)29/h3-11,16-18H,12H2,1-2H3/t16-,17-,18-/m0/s1. The van der Waals surface area contributed by atoms with Crippen molar-refractivity contribution < 1.29 is 19.2 Å². The number of β-lactam (4-membered cyclic amide) rings is 1. The Morgan fingerprint density at radius 2 is 1.44 bits per heavy atom. The van der Waals surface area contributed by atoms with Gasteiger partial charge in [0.15, 0.2) is 6.04 Å². The van der Waals surface area contributed by atoms with Gasteiger partial charge in [-0.1, -0.05) is 54.1 Å². The zero-order valence-electron chi connectivity index (χ0n) is 17.4. The Bertz CT molecular complexity index is 1120. The molecule has 0 unspecified atom stereocenters. The molecule has 0 bridgehead atoms. The lowest BCUT2D eigenvalue weighted by atomic mass is 9.93. The number of carbonyl (C=O) groups is 4. The maximum atomic E-state index is 13.3. The lowest BCUT2D eigenvalue weighted by Crippen LogP contribution is -2.74. The highest BCUT2D eigenvalue weighted by Gasteiger charge is 2.63. The van der Waals surface area contributed by atoms with Gasteiger partial charge < -0.3 is 4.90 Å². The number of rotatable bonds is 4. The number of carbonyl (C=O) groups excluding carboxylic acids is 4. The summed E-state index contributed by atoms with van der Waals surface area (Å²) in [6.45, 7) is 4.18. The predicted octanol–water partition coefficient (Wildman–Crippen LogP) is 2.90. The van der Waals surface area contributed by atoms with Crippen LogP contribution >= 0.6 is 23.5 Å². The highest BCUT2D eigenvalue weighted by molar-refractivity contribution is 7.99. The van der Waals surface area contributed by atoms with Crippen LogP contribution in [-0.4, -0.2) is 60.1 Å². The van der Waals surface area contributed by atoms with Crippen LogP contribution < -0.4 is 0 Å². The van der Waals surface area contributed by atoms with E-state index in [1.165, 1.54) is 16.8 Å². The van der Waals surface area contributed by atoms with Gasteiger partial charge in [-0.2, -0.15) is 0 Å². The smallest absolute Gasteiger partial charge is 0.262 e. The highest BCUT2D eigenvalue weighted by Crippen LogP contribution is 2.47. The zero-order chi connectivity index (χ0) is 22.8. The Kier molecular flexibility index (Phi) is 4.83. The average molecular weight is 470 g/mol. The third-order valence-electron chi connectivity index (χ3n) is 6.07. The second-order valence-electron chi connectivity index (χ2n) is 8.55. The molecule has 5 rings (SSSR count). The second kappa shape index (κ2) is 7.35. The molecule has 0 aliphatic carbocycles. The van der Waals surface area contributed by atoms with Crippen LogP contribution in [0.25, 0.3) is 0 Å². The minimum atomic E-state index is -1.12. The van der Waals surface area contributed by atoms with Gasteiger partial charge in [0, 0.05) is 0 Å². The molecule has 3 heterocycles. The minimum absolute atomic E-state index is 0.219. The number of hydrogen-bond acceptors (Lipinski definition) is 5. The molecule has 4 amide bonds. The molecule has 0 spiro atoms. The minimum Gasteiger partial charge on any atom is -0.308 e. The zero-order valence-corrected chi connectivity index (χ0v) is 19.0. The molecule has 0 radical (unpaired) electrons. The number of imide groups is 1. The van der Waals surface area contributed by atoms with Crippen molar-refractivity contribution in [3.63, 3.8) is 0 Å². The summed E-state index contributed by atoms with van der Waals surface area (Å²) in [5.74, 6) is -1.78. The average Bonchev–Trinajstić information content (AvgIpc) is 3.14. The first kappa shape index (κ1) is 21.0. The van der Waals surface area contributed by atoms with E-state index in [1.54, 1.807) is 28.6 Å². The monoisotopic (exact) mass is 469 g/mol. The molecule has 2 fully saturated rings. The molecule has 2 saturated heterocycles. The van der Waals surface area contributed by atoms with Crippen molar-refractivity contribution in [2.45, 2.75) is 42.7 Å². The number of fused-ring (bicyclic) bond motifs is 1. The molecule has 2 aromatic carbocycles. The number of halogens is 1. The van der Waals surface area contributed by atoms with Crippen LogP contribution in [0.2, 0.25) is 0 Å². The van der Waals surface area contributed by atoms with E-state index in [1.807, 2.05) is 44.2 Å². The maximum absolute atomic E-state index is 13.3. The van der Waals surface area contributed by atoms with Crippen molar-refractivity contribution in [2.24, 2.45) is 0 Å². The van der Waals surface area contributed by atoms with Gasteiger partial charge >= 0.3 is 0 Å². The number of benzene rings is 2. The molecule has 3 atom stereocenters. The van der Waals surface area contributed by atoms with Crippen molar-refractivity contribution in [1.82, 2.24) is 14.1 Å². The largest absolute Gasteiger partial charge is 0.308 e. The molecule has 32 heavy (non-hydrogen) atoms. The van der Waals surface area contributed by atoms with Gasteiger partial charge in [0.25, 0.3) is 23.6 Å². The maximum Gasteiger partial charge on any atom is 0.262 e. The molecular formula is C23H20ClN3O4S. The number of nitrogens with zero attached hydrogens (tertiary/aromatic N) is 3. The molecule has 3 aliphatic rings. The SMILES string of the molecule is CC1(C)SN(Cc2ccccc2)C(=O)[C@@H]1N1C(=O)[C@@H](N2C(=O)c3ccccc3C2=O)[C@H]1Cl. The van der Waals surface area contributed by atoms with E-state index in [0.29, 0.717) is 6.54 Å². The third-order valence-corrected chi connectivity index (χ3v) is 7.74. The van der Waals surface area contributed by atoms with E-state index in [-0.39, 0.29) is 17.0 Å². The molecule has 0 saturated carbocycles. The first-order valence-corrected chi connectivity index (χ1v) is 11.4. The van der Waals surface area contributed by atoms with Crippen LogP contribution in [0.5, 0.6) is 0 Å². The highest BCUT2D eigenvalue weighted by atomic mass is 35.5. The van der Waals surface area contributed by atoms with Gasteiger partial charge in [-0.15, -0.1) is 0 Å². The van der Waals surface area contributed by atoms with Crippen LogP contribution in [-0.2, 0) is 16.1 Å². The lowest BCUT2D eigenvalue weighted by Gasteiger charge is -2.50. The van der Waals surface area contributed by atoms with Gasteiger partial charge in [0.1, 0.15) is 11.5 Å². The van der Waals surface area contributed by atoms with Crippen LogP contribution in [0, 0.1) is 0 Å². The van der Waals surface area contributed by atoms with Gasteiger partial charge in [-0.05, 0) is 43.5 Å². The summed E-state index contributed by atoms with van der Waals surface area (Å²) in [5.41, 5.74) is 0.519. The topological polar surface area (TPSA) is 78.0 Å². The Labute approximate surface area is 194 Å². The fourth-order valence-electron chi connectivity index (χ4n) is 4.55. The van der Waals surface area contributed by atoms with E-state index in [0.717, 1.165) is 10.5 Å².